The van der Waals surface area contributed by atoms with E-state index in [0.717, 1.165) is 17.4 Å². The van der Waals surface area contributed by atoms with Crippen LogP contribution in [-0.2, 0) is 6.54 Å². The van der Waals surface area contributed by atoms with Crippen LogP contribution in [-0.4, -0.2) is 6.10 Å². The van der Waals surface area contributed by atoms with Crippen LogP contribution in [0.5, 0.6) is 5.75 Å². The predicted molar refractivity (Wildman–Crippen MR) is 75.9 cm³/mol. The van der Waals surface area contributed by atoms with Crippen LogP contribution < -0.4 is 10.1 Å². The lowest BCUT2D eigenvalue weighted by Gasteiger charge is -2.15. The zero-order valence-electron chi connectivity index (χ0n) is 11.5. The number of benzene rings is 2. The normalized spacial score (nSPS) is 10.7. The highest BCUT2D eigenvalue weighted by atomic mass is 19.1. The number of nitrogens with one attached hydrogen (secondary N) is 1. The van der Waals surface area contributed by atoms with Crippen LogP contribution in [0.25, 0.3) is 0 Å². The average molecular weight is 277 g/mol. The fourth-order valence-electron chi connectivity index (χ4n) is 1.87. The van der Waals surface area contributed by atoms with Gasteiger partial charge in [-0.05, 0) is 32.0 Å². The standard InChI is InChI=1S/C16H17F2NO/c1-11(2)20-16-6-4-3-5-12(16)10-19-15-8-13(17)7-14(18)9-15/h3-9,11,19H,10H2,1-2H3. The highest BCUT2D eigenvalue weighted by molar-refractivity contribution is 5.45. The Hall–Kier alpha value is -2.10. The third-order valence-electron chi connectivity index (χ3n) is 2.68. The van der Waals surface area contributed by atoms with Crippen molar-refractivity contribution in [2.45, 2.75) is 26.5 Å². The van der Waals surface area contributed by atoms with Crippen molar-refractivity contribution in [1.82, 2.24) is 0 Å². The van der Waals surface area contributed by atoms with Crippen LogP contribution in [0, 0.1) is 11.6 Å². The molecular formula is C16H17F2NO. The molecule has 0 saturated heterocycles. The van der Waals surface area contributed by atoms with E-state index in [9.17, 15) is 8.78 Å². The first-order valence-electron chi connectivity index (χ1n) is 6.49. The topological polar surface area (TPSA) is 21.3 Å². The third-order valence-corrected chi connectivity index (χ3v) is 2.68. The van der Waals surface area contributed by atoms with Gasteiger partial charge >= 0.3 is 0 Å². The molecule has 2 aromatic rings. The van der Waals surface area contributed by atoms with Gasteiger partial charge in [-0.15, -0.1) is 0 Å². The van der Waals surface area contributed by atoms with Gasteiger partial charge in [-0.1, -0.05) is 18.2 Å². The summed E-state index contributed by atoms with van der Waals surface area (Å²) in [6, 6.07) is 11.0. The molecule has 4 heteroatoms. The van der Waals surface area contributed by atoms with Crippen molar-refractivity contribution in [3.05, 3.63) is 59.7 Å². The molecule has 0 saturated carbocycles. The fourth-order valence-corrected chi connectivity index (χ4v) is 1.87. The summed E-state index contributed by atoms with van der Waals surface area (Å²) in [7, 11) is 0. The van der Waals surface area contributed by atoms with Crippen LogP contribution in [0.15, 0.2) is 42.5 Å². The first-order chi connectivity index (χ1) is 9.54. The van der Waals surface area contributed by atoms with E-state index in [-0.39, 0.29) is 6.10 Å². The molecule has 0 fully saturated rings. The van der Waals surface area contributed by atoms with Gasteiger partial charge < -0.3 is 10.1 Å². The minimum Gasteiger partial charge on any atom is -0.491 e. The molecule has 2 rings (SSSR count). The minimum absolute atomic E-state index is 0.0720. The van der Waals surface area contributed by atoms with Gasteiger partial charge in [0.25, 0.3) is 0 Å². The first-order valence-corrected chi connectivity index (χ1v) is 6.49. The van der Waals surface area contributed by atoms with Gasteiger partial charge in [-0.2, -0.15) is 0 Å². The zero-order valence-corrected chi connectivity index (χ0v) is 11.5. The molecular weight excluding hydrogens is 260 g/mol. The van der Waals surface area contributed by atoms with E-state index in [2.05, 4.69) is 5.32 Å². The Bertz CT molecular complexity index is 564. The highest BCUT2D eigenvalue weighted by Gasteiger charge is 2.06. The van der Waals surface area contributed by atoms with E-state index >= 15 is 0 Å². The second-order valence-electron chi connectivity index (χ2n) is 4.79. The second kappa shape index (κ2) is 6.37. The summed E-state index contributed by atoms with van der Waals surface area (Å²) in [4.78, 5) is 0. The van der Waals surface area contributed by atoms with E-state index < -0.39 is 11.6 Å². The molecule has 1 N–H and O–H groups in total. The maximum Gasteiger partial charge on any atom is 0.128 e. The lowest BCUT2D eigenvalue weighted by Crippen LogP contribution is -2.09. The molecule has 0 unspecified atom stereocenters. The summed E-state index contributed by atoms with van der Waals surface area (Å²) in [5.41, 5.74) is 1.34. The van der Waals surface area contributed by atoms with Crippen molar-refractivity contribution >= 4 is 5.69 Å². The predicted octanol–water partition coefficient (Wildman–Crippen LogP) is 4.36. The molecule has 0 radical (unpaired) electrons. The maximum atomic E-state index is 13.1. The number of rotatable bonds is 5. The second-order valence-corrected chi connectivity index (χ2v) is 4.79. The minimum atomic E-state index is -0.598. The van der Waals surface area contributed by atoms with Crippen molar-refractivity contribution in [3.8, 4) is 5.75 Å². The molecule has 106 valence electrons. The lowest BCUT2D eigenvalue weighted by molar-refractivity contribution is 0.240. The molecule has 20 heavy (non-hydrogen) atoms. The van der Waals surface area contributed by atoms with Gasteiger partial charge in [0.15, 0.2) is 0 Å². The van der Waals surface area contributed by atoms with Gasteiger partial charge in [-0.25, -0.2) is 8.78 Å². The number of anilines is 1. The number of hydrogen-bond donors (Lipinski definition) is 1. The molecule has 0 aliphatic carbocycles. The molecule has 2 aromatic carbocycles. The van der Waals surface area contributed by atoms with Crippen LogP contribution in [0.1, 0.15) is 19.4 Å². The Morgan fingerprint density at radius 3 is 2.35 bits per heavy atom. The fraction of sp³-hybridized carbons (Fsp3) is 0.250. The summed E-state index contributed by atoms with van der Waals surface area (Å²) in [5.74, 6) is -0.426. The van der Waals surface area contributed by atoms with Crippen molar-refractivity contribution in [1.29, 1.82) is 0 Å². The van der Waals surface area contributed by atoms with Crippen LogP contribution in [0.4, 0.5) is 14.5 Å². The number of ether oxygens (including phenoxy) is 1. The summed E-state index contributed by atoms with van der Waals surface area (Å²) >= 11 is 0. The molecule has 0 aromatic heterocycles. The van der Waals surface area contributed by atoms with E-state index in [1.54, 1.807) is 0 Å². The van der Waals surface area contributed by atoms with Crippen molar-refractivity contribution < 1.29 is 13.5 Å². The quantitative estimate of drug-likeness (QED) is 0.876. The molecule has 2 nitrogen and oxygen atoms in total. The highest BCUT2D eigenvalue weighted by Crippen LogP contribution is 2.21. The monoisotopic (exact) mass is 277 g/mol. The van der Waals surface area contributed by atoms with Gasteiger partial charge in [-0.3, -0.25) is 0 Å². The molecule has 0 bridgehead atoms. The molecule has 0 atom stereocenters. The van der Waals surface area contributed by atoms with E-state index in [1.807, 2.05) is 38.1 Å². The Morgan fingerprint density at radius 2 is 1.70 bits per heavy atom. The van der Waals surface area contributed by atoms with Gasteiger partial charge in [0.2, 0.25) is 0 Å². The number of halogens is 2. The molecule has 0 aliphatic rings. The number of hydrogen-bond acceptors (Lipinski definition) is 2. The van der Waals surface area contributed by atoms with E-state index in [4.69, 9.17) is 4.74 Å². The first kappa shape index (κ1) is 14.3. The molecule has 0 amide bonds. The molecule has 0 aliphatic heterocycles. The van der Waals surface area contributed by atoms with Gasteiger partial charge in [0.1, 0.15) is 17.4 Å². The van der Waals surface area contributed by atoms with Gasteiger partial charge in [0.05, 0.1) is 6.10 Å². The third kappa shape index (κ3) is 3.95. The van der Waals surface area contributed by atoms with Crippen LogP contribution in [0.2, 0.25) is 0 Å². The largest absolute Gasteiger partial charge is 0.491 e. The summed E-state index contributed by atoms with van der Waals surface area (Å²) in [6.45, 7) is 4.34. The van der Waals surface area contributed by atoms with Gasteiger partial charge in [0, 0.05) is 23.9 Å². The zero-order chi connectivity index (χ0) is 14.5. The van der Waals surface area contributed by atoms with E-state index in [1.165, 1.54) is 12.1 Å². The lowest BCUT2D eigenvalue weighted by atomic mass is 10.2. The Labute approximate surface area is 117 Å². The smallest absolute Gasteiger partial charge is 0.128 e. The Balaban J connectivity index is 2.10. The molecule has 0 heterocycles. The van der Waals surface area contributed by atoms with Crippen molar-refractivity contribution in [2.75, 3.05) is 5.32 Å². The van der Waals surface area contributed by atoms with E-state index in [0.29, 0.717) is 12.2 Å². The van der Waals surface area contributed by atoms with Crippen molar-refractivity contribution in [3.63, 3.8) is 0 Å². The molecule has 0 spiro atoms. The average Bonchev–Trinajstić information content (AvgIpc) is 2.36. The SMILES string of the molecule is CC(C)Oc1ccccc1CNc1cc(F)cc(F)c1. The number of para-hydroxylation sites is 1. The van der Waals surface area contributed by atoms with Crippen molar-refractivity contribution in [2.24, 2.45) is 0 Å². The summed E-state index contributed by atoms with van der Waals surface area (Å²) < 4.78 is 31.9. The Kier molecular flexibility index (Phi) is 4.56. The Morgan fingerprint density at radius 1 is 1.05 bits per heavy atom. The summed E-state index contributed by atoms with van der Waals surface area (Å²) in [5, 5.41) is 3.00. The summed E-state index contributed by atoms with van der Waals surface area (Å²) in [6.07, 6.45) is 0.0720. The maximum absolute atomic E-state index is 13.1. The van der Waals surface area contributed by atoms with Crippen LogP contribution >= 0.6 is 0 Å². The van der Waals surface area contributed by atoms with Crippen LogP contribution in [0.3, 0.4) is 0 Å².